The molecule has 0 radical (unpaired) electrons. The van der Waals surface area contributed by atoms with Crippen molar-refractivity contribution >= 4 is 10.0 Å². The number of hydrogen-bond acceptors (Lipinski definition) is 3. The first kappa shape index (κ1) is 16.1. The van der Waals surface area contributed by atoms with Crippen molar-refractivity contribution in [1.29, 1.82) is 0 Å². The van der Waals surface area contributed by atoms with E-state index in [4.69, 9.17) is 0 Å². The monoisotopic (exact) mass is 284 g/mol. The summed E-state index contributed by atoms with van der Waals surface area (Å²) in [5, 5.41) is 3.26. The van der Waals surface area contributed by atoms with Gasteiger partial charge in [0, 0.05) is 6.54 Å². The predicted molar refractivity (Wildman–Crippen MR) is 79.5 cm³/mol. The number of unbranched alkanes of at least 4 members (excludes halogenated alkanes) is 1. The highest BCUT2D eigenvalue weighted by atomic mass is 32.2. The molecule has 0 unspecified atom stereocenters. The van der Waals surface area contributed by atoms with Crippen LogP contribution >= 0.6 is 0 Å². The smallest absolute Gasteiger partial charge is 0.211 e. The Bertz CT molecular complexity index is 432. The van der Waals surface area contributed by atoms with E-state index in [2.05, 4.69) is 17.0 Å². The molecule has 0 atom stereocenters. The standard InChI is InChI=1S/C14H24N2O2S/c1-2-10-15-11-6-7-12-19(17,18)16-13-14-8-4-3-5-9-14/h3-5,8-9,15-16H,2,6-7,10-13H2,1H3. The van der Waals surface area contributed by atoms with Gasteiger partial charge in [0.1, 0.15) is 0 Å². The maximum atomic E-state index is 11.8. The molecule has 1 rings (SSSR count). The molecule has 0 saturated heterocycles. The van der Waals surface area contributed by atoms with E-state index in [1.165, 1.54) is 0 Å². The van der Waals surface area contributed by atoms with Crippen LogP contribution in [0.5, 0.6) is 0 Å². The van der Waals surface area contributed by atoms with Crippen molar-refractivity contribution in [2.75, 3.05) is 18.8 Å². The van der Waals surface area contributed by atoms with Crippen LogP contribution in [0.15, 0.2) is 30.3 Å². The third-order valence-electron chi connectivity index (χ3n) is 2.78. The Balaban J connectivity index is 2.17. The molecule has 4 nitrogen and oxygen atoms in total. The second-order valence-corrected chi connectivity index (χ2v) is 6.51. The lowest BCUT2D eigenvalue weighted by Gasteiger charge is -2.07. The lowest BCUT2D eigenvalue weighted by Crippen LogP contribution is -2.26. The first-order valence-electron chi connectivity index (χ1n) is 6.86. The molecule has 0 heterocycles. The van der Waals surface area contributed by atoms with E-state index >= 15 is 0 Å². The van der Waals surface area contributed by atoms with E-state index in [0.29, 0.717) is 13.0 Å². The summed E-state index contributed by atoms with van der Waals surface area (Å²) in [6, 6.07) is 9.56. The number of nitrogens with one attached hydrogen (secondary N) is 2. The third-order valence-corrected chi connectivity index (χ3v) is 4.19. The summed E-state index contributed by atoms with van der Waals surface area (Å²) < 4.78 is 26.2. The minimum Gasteiger partial charge on any atom is -0.317 e. The molecule has 0 amide bonds. The van der Waals surface area contributed by atoms with Gasteiger partial charge in [-0.15, -0.1) is 0 Å². The number of sulfonamides is 1. The number of rotatable bonds is 10. The molecule has 0 aliphatic heterocycles. The van der Waals surface area contributed by atoms with Crippen molar-refractivity contribution in [3.8, 4) is 0 Å². The van der Waals surface area contributed by atoms with Gasteiger partial charge in [0.05, 0.1) is 5.75 Å². The van der Waals surface area contributed by atoms with Crippen LogP contribution in [0.2, 0.25) is 0 Å². The molecule has 0 aromatic heterocycles. The average molecular weight is 284 g/mol. The van der Waals surface area contributed by atoms with Gasteiger partial charge in [-0.1, -0.05) is 37.3 Å². The summed E-state index contributed by atoms with van der Waals surface area (Å²) in [5.74, 6) is 0.202. The summed E-state index contributed by atoms with van der Waals surface area (Å²) in [6.07, 6.45) is 2.70. The van der Waals surface area contributed by atoms with Crippen LogP contribution in [-0.4, -0.2) is 27.3 Å². The quantitative estimate of drug-likeness (QED) is 0.645. The van der Waals surface area contributed by atoms with Crippen LogP contribution in [-0.2, 0) is 16.6 Å². The van der Waals surface area contributed by atoms with Crippen LogP contribution in [0, 0.1) is 0 Å². The highest BCUT2D eigenvalue weighted by molar-refractivity contribution is 7.89. The Morgan fingerprint density at radius 1 is 1.05 bits per heavy atom. The Labute approximate surface area is 116 Å². The van der Waals surface area contributed by atoms with Crippen molar-refractivity contribution in [1.82, 2.24) is 10.0 Å². The van der Waals surface area contributed by atoms with Crippen LogP contribution in [0.1, 0.15) is 31.7 Å². The SMILES string of the molecule is CCCNCCCCS(=O)(=O)NCc1ccccc1. The number of hydrogen-bond donors (Lipinski definition) is 2. The lowest BCUT2D eigenvalue weighted by molar-refractivity contribution is 0.572. The lowest BCUT2D eigenvalue weighted by atomic mass is 10.2. The largest absolute Gasteiger partial charge is 0.317 e. The van der Waals surface area contributed by atoms with E-state index in [1.807, 2.05) is 30.3 Å². The van der Waals surface area contributed by atoms with Crippen molar-refractivity contribution in [2.45, 2.75) is 32.7 Å². The van der Waals surface area contributed by atoms with Gasteiger partial charge >= 0.3 is 0 Å². The first-order valence-corrected chi connectivity index (χ1v) is 8.51. The average Bonchev–Trinajstić information content (AvgIpc) is 2.42. The van der Waals surface area contributed by atoms with E-state index < -0.39 is 10.0 Å². The number of benzene rings is 1. The minimum absolute atomic E-state index is 0.202. The second-order valence-electron chi connectivity index (χ2n) is 4.58. The van der Waals surface area contributed by atoms with Gasteiger partial charge in [-0.25, -0.2) is 13.1 Å². The predicted octanol–water partition coefficient (Wildman–Crippen LogP) is 1.89. The third kappa shape index (κ3) is 7.97. The Morgan fingerprint density at radius 3 is 2.47 bits per heavy atom. The molecule has 0 aliphatic rings. The maximum Gasteiger partial charge on any atom is 0.211 e. The van der Waals surface area contributed by atoms with Gasteiger partial charge in [-0.05, 0) is 37.9 Å². The molecule has 2 N–H and O–H groups in total. The van der Waals surface area contributed by atoms with Gasteiger partial charge in [0.15, 0.2) is 0 Å². The molecule has 108 valence electrons. The van der Waals surface area contributed by atoms with E-state index in [9.17, 15) is 8.42 Å². The molecule has 0 bridgehead atoms. The van der Waals surface area contributed by atoms with Gasteiger partial charge in [-0.2, -0.15) is 0 Å². The van der Waals surface area contributed by atoms with Gasteiger partial charge in [0.25, 0.3) is 0 Å². The van der Waals surface area contributed by atoms with Gasteiger partial charge < -0.3 is 5.32 Å². The summed E-state index contributed by atoms with van der Waals surface area (Å²) in [6.45, 7) is 4.38. The van der Waals surface area contributed by atoms with Crippen molar-refractivity contribution in [2.24, 2.45) is 0 Å². The Morgan fingerprint density at radius 2 is 1.79 bits per heavy atom. The van der Waals surface area contributed by atoms with Crippen LogP contribution in [0.4, 0.5) is 0 Å². The molecule has 1 aromatic carbocycles. The molecule has 0 fully saturated rings. The zero-order valence-electron chi connectivity index (χ0n) is 11.6. The molecular formula is C14H24N2O2S. The van der Waals surface area contributed by atoms with Crippen LogP contribution in [0.25, 0.3) is 0 Å². The Kier molecular flexibility index (Phi) is 7.70. The van der Waals surface area contributed by atoms with E-state index in [-0.39, 0.29) is 5.75 Å². The zero-order chi connectivity index (χ0) is 14.0. The molecule has 5 heteroatoms. The van der Waals surface area contributed by atoms with E-state index in [0.717, 1.165) is 31.5 Å². The second kappa shape index (κ2) is 9.07. The minimum atomic E-state index is -3.15. The fraction of sp³-hybridized carbons (Fsp3) is 0.571. The normalized spacial score (nSPS) is 11.6. The van der Waals surface area contributed by atoms with E-state index in [1.54, 1.807) is 0 Å². The fourth-order valence-corrected chi connectivity index (χ4v) is 2.82. The summed E-state index contributed by atoms with van der Waals surface area (Å²) in [7, 11) is -3.15. The Hall–Kier alpha value is -0.910. The first-order chi connectivity index (χ1) is 9.14. The van der Waals surface area contributed by atoms with Gasteiger partial charge in [0.2, 0.25) is 10.0 Å². The highest BCUT2D eigenvalue weighted by Crippen LogP contribution is 2.00. The van der Waals surface area contributed by atoms with Gasteiger partial charge in [-0.3, -0.25) is 0 Å². The van der Waals surface area contributed by atoms with Crippen molar-refractivity contribution in [3.05, 3.63) is 35.9 Å². The summed E-state index contributed by atoms with van der Waals surface area (Å²) in [5.41, 5.74) is 0.982. The van der Waals surface area contributed by atoms with Crippen LogP contribution < -0.4 is 10.0 Å². The van der Waals surface area contributed by atoms with Crippen LogP contribution in [0.3, 0.4) is 0 Å². The van der Waals surface area contributed by atoms with Crippen molar-refractivity contribution in [3.63, 3.8) is 0 Å². The fourth-order valence-electron chi connectivity index (χ4n) is 1.71. The molecular weight excluding hydrogens is 260 g/mol. The molecule has 0 spiro atoms. The molecule has 0 aliphatic carbocycles. The summed E-state index contributed by atoms with van der Waals surface area (Å²) >= 11 is 0. The van der Waals surface area contributed by atoms with Crippen molar-refractivity contribution < 1.29 is 8.42 Å². The zero-order valence-corrected chi connectivity index (χ0v) is 12.4. The molecule has 1 aromatic rings. The molecule has 0 saturated carbocycles. The topological polar surface area (TPSA) is 58.2 Å². The summed E-state index contributed by atoms with van der Waals surface area (Å²) in [4.78, 5) is 0. The maximum absolute atomic E-state index is 11.8. The highest BCUT2D eigenvalue weighted by Gasteiger charge is 2.08. The molecule has 19 heavy (non-hydrogen) atoms.